The van der Waals surface area contributed by atoms with E-state index in [9.17, 15) is 0 Å². The lowest BCUT2D eigenvalue weighted by Crippen LogP contribution is -2.37. The van der Waals surface area contributed by atoms with Crippen molar-refractivity contribution in [3.8, 4) is 0 Å². The third-order valence-electron chi connectivity index (χ3n) is 4.40. The van der Waals surface area contributed by atoms with Crippen LogP contribution in [-0.2, 0) is 13.0 Å². The Morgan fingerprint density at radius 3 is 2.50 bits per heavy atom. The van der Waals surface area contributed by atoms with Gasteiger partial charge in [-0.05, 0) is 41.8 Å². The Morgan fingerprint density at radius 2 is 1.81 bits per heavy atom. The SMILES string of the molecule is CN=C(NCCc1cccc(Cl)c1)NCc1ccc(N2CC=CC2)cc1. The Bertz CT molecular complexity index is 760. The molecule has 2 N–H and O–H groups in total. The molecule has 136 valence electrons. The van der Waals surface area contributed by atoms with E-state index in [2.05, 4.69) is 63.0 Å². The molecule has 5 heteroatoms. The zero-order valence-corrected chi connectivity index (χ0v) is 15.8. The second kappa shape index (κ2) is 9.30. The molecular weight excluding hydrogens is 344 g/mol. The third kappa shape index (κ3) is 5.27. The summed E-state index contributed by atoms with van der Waals surface area (Å²) in [6.45, 7) is 3.55. The van der Waals surface area contributed by atoms with E-state index in [1.54, 1.807) is 7.05 Å². The van der Waals surface area contributed by atoms with Gasteiger partial charge in [-0.1, -0.05) is 48.0 Å². The maximum atomic E-state index is 6.02. The first kappa shape index (κ1) is 18.3. The maximum Gasteiger partial charge on any atom is 0.191 e. The van der Waals surface area contributed by atoms with Crippen molar-refractivity contribution in [2.75, 3.05) is 31.6 Å². The summed E-state index contributed by atoms with van der Waals surface area (Å²) in [5, 5.41) is 7.48. The number of nitrogens with one attached hydrogen (secondary N) is 2. The fraction of sp³-hybridized carbons (Fsp3) is 0.286. The summed E-state index contributed by atoms with van der Waals surface area (Å²) >= 11 is 6.02. The van der Waals surface area contributed by atoms with E-state index in [1.165, 1.54) is 16.8 Å². The van der Waals surface area contributed by atoms with Crippen LogP contribution in [0, 0.1) is 0 Å². The number of nitrogens with zero attached hydrogens (tertiary/aromatic N) is 2. The second-order valence-electron chi connectivity index (χ2n) is 6.28. The predicted molar refractivity (Wildman–Crippen MR) is 111 cm³/mol. The Labute approximate surface area is 160 Å². The summed E-state index contributed by atoms with van der Waals surface area (Å²) < 4.78 is 0. The van der Waals surface area contributed by atoms with Crippen LogP contribution in [0.1, 0.15) is 11.1 Å². The molecule has 1 aliphatic rings. The van der Waals surface area contributed by atoms with E-state index in [0.717, 1.165) is 43.6 Å². The van der Waals surface area contributed by atoms with Gasteiger partial charge in [0.25, 0.3) is 0 Å². The highest BCUT2D eigenvalue weighted by Gasteiger charge is 2.07. The molecule has 2 aromatic rings. The number of rotatable bonds is 6. The van der Waals surface area contributed by atoms with Crippen molar-refractivity contribution in [2.24, 2.45) is 4.99 Å². The fourth-order valence-corrected chi connectivity index (χ4v) is 3.15. The predicted octanol–water partition coefficient (Wildman–Crippen LogP) is 3.62. The molecule has 1 heterocycles. The lowest BCUT2D eigenvalue weighted by Gasteiger charge is -2.18. The van der Waals surface area contributed by atoms with Gasteiger partial charge in [0.15, 0.2) is 5.96 Å². The van der Waals surface area contributed by atoms with Gasteiger partial charge in [-0.2, -0.15) is 0 Å². The average Bonchev–Trinajstić information content (AvgIpc) is 3.20. The zero-order chi connectivity index (χ0) is 18.2. The maximum absolute atomic E-state index is 6.02. The van der Waals surface area contributed by atoms with Crippen molar-refractivity contribution < 1.29 is 0 Å². The van der Waals surface area contributed by atoms with Crippen molar-refractivity contribution in [2.45, 2.75) is 13.0 Å². The summed E-state index contributed by atoms with van der Waals surface area (Å²) in [5.74, 6) is 0.805. The average molecular weight is 369 g/mol. The van der Waals surface area contributed by atoms with Gasteiger partial charge in [0.05, 0.1) is 0 Å². The first-order valence-electron chi connectivity index (χ1n) is 8.92. The molecule has 0 aliphatic carbocycles. The standard InChI is InChI=1S/C21H25ClN4/c1-23-21(24-12-11-17-5-4-6-19(22)15-17)25-16-18-7-9-20(10-8-18)26-13-2-3-14-26/h2-10,15H,11-14,16H2,1H3,(H2,23,24,25). The molecule has 0 saturated carbocycles. The van der Waals surface area contributed by atoms with E-state index < -0.39 is 0 Å². The number of anilines is 1. The van der Waals surface area contributed by atoms with Gasteiger partial charge in [-0.15, -0.1) is 0 Å². The topological polar surface area (TPSA) is 39.7 Å². The van der Waals surface area contributed by atoms with Gasteiger partial charge < -0.3 is 15.5 Å². The number of guanidine groups is 1. The number of hydrogen-bond donors (Lipinski definition) is 2. The van der Waals surface area contributed by atoms with Crippen molar-refractivity contribution in [1.29, 1.82) is 0 Å². The van der Waals surface area contributed by atoms with E-state index >= 15 is 0 Å². The zero-order valence-electron chi connectivity index (χ0n) is 15.1. The van der Waals surface area contributed by atoms with Gasteiger partial charge in [0.2, 0.25) is 0 Å². The van der Waals surface area contributed by atoms with Crippen molar-refractivity contribution in [3.63, 3.8) is 0 Å². The molecule has 2 aromatic carbocycles. The van der Waals surface area contributed by atoms with E-state index in [-0.39, 0.29) is 0 Å². The van der Waals surface area contributed by atoms with Crippen LogP contribution >= 0.6 is 11.6 Å². The molecule has 0 fully saturated rings. The normalized spacial score (nSPS) is 13.9. The summed E-state index contributed by atoms with van der Waals surface area (Å²) in [5.41, 5.74) is 3.72. The summed E-state index contributed by atoms with van der Waals surface area (Å²) in [6.07, 6.45) is 5.31. The fourth-order valence-electron chi connectivity index (χ4n) is 2.94. The molecule has 0 atom stereocenters. The number of halogens is 1. The van der Waals surface area contributed by atoms with Crippen molar-refractivity contribution in [1.82, 2.24) is 10.6 Å². The number of hydrogen-bond acceptors (Lipinski definition) is 2. The quantitative estimate of drug-likeness (QED) is 0.464. The summed E-state index contributed by atoms with van der Waals surface area (Å²) in [7, 11) is 1.79. The number of aliphatic imine (C=N–C) groups is 1. The highest BCUT2D eigenvalue weighted by molar-refractivity contribution is 6.30. The van der Waals surface area contributed by atoms with Gasteiger partial charge in [0.1, 0.15) is 0 Å². The molecule has 0 bridgehead atoms. The van der Waals surface area contributed by atoms with Crippen LogP contribution in [0.15, 0.2) is 65.7 Å². The highest BCUT2D eigenvalue weighted by atomic mass is 35.5. The van der Waals surface area contributed by atoms with Crippen LogP contribution in [0.2, 0.25) is 5.02 Å². The van der Waals surface area contributed by atoms with Crippen molar-refractivity contribution in [3.05, 3.63) is 76.8 Å². The molecule has 0 saturated heterocycles. The van der Waals surface area contributed by atoms with Gasteiger partial charge >= 0.3 is 0 Å². The molecule has 0 spiro atoms. The van der Waals surface area contributed by atoms with Crippen molar-refractivity contribution >= 4 is 23.2 Å². The minimum absolute atomic E-state index is 0.745. The Hall–Kier alpha value is -2.46. The van der Waals surface area contributed by atoms with Crippen LogP contribution in [0.25, 0.3) is 0 Å². The minimum Gasteiger partial charge on any atom is -0.364 e. The van der Waals surface area contributed by atoms with Crippen LogP contribution in [-0.4, -0.2) is 32.6 Å². The van der Waals surface area contributed by atoms with Crippen LogP contribution in [0.3, 0.4) is 0 Å². The molecule has 0 radical (unpaired) electrons. The molecule has 3 rings (SSSR count). The van der Waals surface area contributed by atoms with Gasteiger partial charge in [0, 0.05) is 43.9 Å². The van der Waals surface area contributed by atoms with Crippen LogP contribution in [0.5, 0.6) is 0 Å². The summed E-state index contributed by atoms with van der Waals surface area (Å²) in [4.78, 5) is 6.63. The Balaban J connectivity index is 1.43. The molecule has 0 unspecified atom stereocenters. The molecular formula is C21H25ClN4. The number of benzene rings is 2. The smallest absolute Gasteiger partial charge is 0.191 e. The molecule has 0 amide bonds. The first-order valence-corrected chi connectivity index (χ1v) is 9.30. The van der Waals surface area contributed by atoms with Crippen LogP contribution in [0.4, 0.5) is 5.69 Å². The molecule has 26 heavy (non-hydrogen) atoms. The molecule has 1 aliphatic heterocycles. The first-order chi connectivity index (χ1) is 12.7. The lowest BCUT2D eigenvalue weighted by atomic mass is 10.1. The third-order valence-corrected chi connectivity index (χ3v) is 4.63. The minimum atomic E-state index is 0.745. The highest BCUT2D eigenvalue weighted by Crippen LogP contribution is 2.17. The lowest BCUT2D eigenvalue weighted by molar-refractivity contribution is 0.794. The van der Waals surface area contributed by atoms with E-state index in [4.69, 9.17) is 11.6 Å². The van der Waals surface area contributed by atoms with Gasteiger partial charge in [-0.3, -0.25) is 4.99 Å². The van der Waals surface area contributed by atoms with Crippen LogP contribution < -0.4 is 15.5 Å². The van der Waals surface area contributed by atoms with Gasteiger partial charge in [-0.25, -0.2) is 0 Å². The molecule has 0 aromatic heterocycles. The Kier molecular flexibility index (Phi) is 6.56. The monoisotopic (exact) mass is 368 g/mol. The Morgan fingerprint density at radius 1 is 1.04 bits per heavy atom. The largest absolute Gasteiger partial charge is 0.364 e. The summed E-state index contributed by atoms with van der Waals surface area (Å²) in [6, 6.07) is 16.6. The van der Waals surface area contributed by atoms with E-state index in [1.807, 2.05) is 18.2 Å². The van der Waals surface area contributed by atoms with E-state index in [0.29, 0.717) is 0 Å². The molecule has 4 nitrogen and oxygen atoms in total. The second-order valence-corrected chi connectivity index (χ2v) is 6.71.